The SMILES string of the molecule is CON=C(Oc1ccc(NS(C)(=O)=O)cc1)C(=O)O. The van der Waals surface area contributed by atoms with Crippen molar-refractivity contribution in [2.24, 2.45) is 5.16 Å². The summed E-state index contributed by atoms with van der Waals surface area (Å²) in [6, 6.07) is 5.62. The van der Waals surface area contributed by atoms with E-state index in [2.05, 4.69) is 14.7 Å². The molecular weight excluding hydrogens is 276 g/mol. The number of carbonyl (C=O) groups is 1. The quantitative estimate of drug-likeness (QED) is 0.473. The Morgan fingerprint density at radius 3 is 2.32 bits per heavy atom. The zero-order chi connectivity index (χ0) is 14.5. The fourth-order valence-corrected chi connectivity index (χ4v) is 1.67. The molecule has 9 heteroatoms. The molecule has 0 aromatic heterocycles. The van der Waals surface area contributed by atoms with E-state index in [1.807, 2.05) is 0 Å². The summed E-state index contributed by atoms with van der Waals surface area (Å²) in [4.78, 5) is 15.0. The first-order chi connectivity index (χ1) is 8.81. The van der Waals surface area contributed by atoms with Gasteiger partial charge in [0.05, 0.1) is 6.26 Å². The number of oxime groups is 1. The summed E-state index contributed by atoms with van der Waals surface area (Å²) >= 11 is 0. The summed E-state index contributed by atoms with van der Waals surface area (Å²) < 4.78 is 29.2. The van der Waals surface area contributed by atoms with Crippen molar-refractivity contribution in [2.45, 2.75) is 0 Å². The van der Waals surface area contributed by atoms with Crippen LogP contribution in [-0.2, 0) is 19.7 Å². The monoisotopic (exact) mass is 288 g/mol. The molecular formula is C10H12N2O6S. The third-order valence-corrected chi connectivity index (χ3v) is 2.34. The first kappa shape index (κ1) is 14.8. The average Bonchev–Trinajstić information content (AvgIpc) is 2.29. The first-order valence-electron chi connectivity index (χ1n) is 4.92. The molecule has 0 bridgehead atoms. The second-order valence-electron chi connectivity index (χ2n) is 3.38. The number of hydrogen-bond acceptors (Lipinski definition) is 6. The molecule has 0 aliphatic rings. The fraction of sp³-hybridized carbons (Fsp3) is 0.200. The Morgan fingerprint density at radius 1 is 1.32 bits per heavy atom. The number of carboxylic acid groups (broad SMARTS) is 1. The summed E-state index contributed by atoms with van der Waals surface area (Å²) in [5, 5.41) is 11.9. The van der Waals surface area contributed by atoms with Gasteiger partial charge in [-0.3, -0.25) is 4.72 Å². The van der Waals surface area contributed by atoms with Crippen LogP contribution in [-0.4, -0.2) is 38.8 Å². The van der Waals surface area contributed by atoms with Crippen LogP contribution in [0.5, 0.6) is 5.75 Å². The van der Waals surface area contributed by atoms with Gasteiger partial charge in [-0.1, -0.05) is 0 Å². The van der Waals surface area contributed by atoms with Crippen molar-refractivity contribution < 1.29 is 27.9 Å². The maximum atomic E-state index is 11.0. The number of hydrogen-bond donors (Lipinski definition) is 2. The Balaban J connectivity index is 2.82. The molecule has 0 fully saturated rings. The number of benzene rings is 1. The summed E-state index contributed by atoms with van der Waals surface area (Å²) in [6.45, 7) is 0. The van der Waals surface area contributed by atoms with E-state index in [0.29, 0.717) is 5.69 Å². The molecule has 0 saturated carbocycles. The number of aliphatic carboxylic acids is 1. The second kappa shape index (κ2) is 6.05. The standard InChI is InChI=1S/C10H12N2O6S/c1-17-11-9(10(13)14)18-8-5-3-7(4-6-8)12-19(2,15)16/h3-6,12H,1-2H3,(H,13,14). The van der Waals surface area contributed by atoms with Crippen molar-refractivity contribution in [3.05, 3.63) is 24.3 Å². The van der Waals surface area contributed by atoms with Crippen LogP contribution in [0.2, 0.25) is 0 Å². The van der Waals surface area contributed by atoms with E-state index in [-0.39, 0.29) is 5.75 Å². The van der Waals surface area contributed by atoms with Gasteiger partial charge in [0.15, 0.2) is 0 Å². The minimum atomic E-state index is -3.36. The summed E-state index contributed by atoms with van der Waals surface area (Å²) in [6.07, 6.45) is 1.02. The Hall–Kier alpha value is -2.29. The maximum absolute atomic E-state index is 11.0. The third kappa shape index (κ3) is 5.25. The Bertz CT molecular complexity index is 579. The van der Waals surface area contributed by atoms with Crippen molar-refractivity contribution in [2.75, 3.05) is 18.1 Å². The van der Waals surface area contributed by atoms with E-state index < -0.39 is 21.9 Å². The van der Waals surface area contributed by atoms with Crippen LogP contribution in [0.1, 0.15) is 0 Å². The highest BCUT2D eigenvalue weighted by Crippen LogP contribution is 2.16. The molecule has 0 radical (unpaired) electrons. The number of ether oxygens (including phenoxy) is 1. The minimum Gasteiger partial charge on any atom is -0.474 e. The summed E-state index contributed by atoms with van der Waals surface area (Å²) in [7, 11) is -2.18. The Morgan fingerprint density at radius 2 is 1.89 bits per heavy atom. The molecule has 0 spiro atoms. The Labute approximate surface area is 109 Å². The van der Waals surface area contributed by atoms with Gasteiger partial charge >= 0.3 is 11.9 Å². The van der Waals surface area contributed by atoms with Gasteiger partial charge in [0.1, 0.15) is 12.9 Å². The van der Waals surface area contributed by atoms with Crippen LogP contribution in [0, 0.1) is 0 Å². The van der Waals surface area contributed by atoms with Crippen molar-refractivity contribution in [3.8, 4) is 5.75 Å². The number of nitrogens with zero attached hydrogens (tertiary/aromatic N) is 1. The van der Waals surface area contributed by atoms with E-state index in [9.17, 15) is 13.2 Å². The van der Waals surface area contributed by atoms with Crippen LogP contribution < -0.4 is 9.46 Å². The van der Waals surface area contributed by atoms with Gasteiger partial charge in [-0.25, -0.2) is 13.2 Å². The molecule has 0 amide bonds. The van der Waals surface area contributed by atoms with Crippen LogP contribution in [0.15, 0.2) is 29.4 Å². The smallest absolute Gasteiger partial charge is 0.395 e. The van der Waals surface area contributed by atoms with Crippen LogP contribution in [0.4, 0.5) is 5.69 Å². The third-order valence-electron chi connectivity index (χ3n) is 1.73. The zero-order valence-electron chi connectivity index (χ0n) is 10.2. The minimum absolute atomic E-state index is 0.178. The van der Waals surface area contributed by atoms with E-state index in [4.69, 9.17) is 9.84 Å². The lowest BCUT2D eigenvalue weighted by Crippen LogP contribution is -2.20. The molecule has 19 heavy (non-hydrogen) atoms. The van der Waals surface area contributed by atoms with E-state index in [1.54, 1.807) is 0 Å². The Kier molecular flexibility index (Phi) is 4.70. The van der Waals surface area contributed by atoms with Gasteiger partial charge in [-0.15, -0.1) is 0 Å². The molecule has 0 aliphatic carbocycles. The molecule has 0 atom stereocenters. The van der Waals surface area contributed by atoms with E-state index in [1.165, 1.54) is 31.4 Å². The van der Waals surface area contributed by atoms with E-state index >= 15 is 0 Å². The van der Waals surface area contributed by atoms with Crippen molar-refractivity contribution >= 4 is 27.6 Å². The number of nitrogens with one attached hydrogen (secondary N) is 1. The van der Waals surface area contributed by atoms with Crippen molar-refractivity contribution in [1.82, 2.24) is 0 Å². The molecule has 0 heterocycles. The lowest BCUT2D eigenvalue weighted by molar-refractivity contribution is -0.130. The normalized spacial score (nSPS) is 11.8. The van der Waals surface area contributed by atoms with Crippen LogP contribution >= 0.6 is 0 Å². The maximum Gasteiger partial charge on any atom is 0.395 e. The number of sulfonamides is 1. The lowest BCUT2D eigenvalue weighted by Gasteiger charge is -2.06. The highest BCUT2D eigenvalue weighted by Gasteiger charge is 2.13. The summed E-state index contributed by atoms with van der Waals surface area (Å²) in [5.74, 6) is -1.84. The average molecular weight is 288 g/mol. The predicted octanol–water partition coefficient (Wildman–Crippen LogP) is 0.481. The highest BCUT2D eigenvalue weighted by molar-refractivity contribution is 7.92. The predicted molar refractivity (Wildman–Crippen MR) is 67.6 cm³/mol. The highest BCUT2D eigenvalue weighted by atomic mass is 32.2. The molecule has 104 valence electrons. The number of rotatable bonds is 4. The van der Waals surface area contributed by atoms with Crippen molar-refractivity contribution in [1.29, 1.82) is 0 Å². The molecule has 1 aromatic carbocycles. The van der Waals surface area contributed by atoms with Gasteiger partial charge in [0, 0.05) is 5.69 Å². The molecule has 1 aromatic rings. The number of anilines is 1. The first-order valence-corrected chi connectivity index (χ1v) is 6.81. The second-order valence-corrected chi connectivity index (χ2v) is 5.13. The van der Waals surface area contributed by atoms with Gasteiger partial charge in [-0.05, 0) is 29.4 Å². The lowest BCUT2D eigenvalue weighted by atomic mass is 10.3. The topological polar surface area (TPSA) is 114 Å². The van der Waals surface area contributed by atoms with E-state index in [0.717, 1.165) is 6.26 Å². The van der Waals surface area contributed by atoms with Crippen LogP contribution in [0.3, 0.4) is 0 Å². The fourth-order valence-electron chi connectivity index (χ4n) is 1.10. The summed E-state index contributed by atoms with van der Waals surface area (Å²) in [5.41, 5.74) is 0.329. The number of carboxylic acids is 1. The molecule has 0 unspecified atom stereocenters. The zero-order valence-corrected chi connectivity index (χ0v) is 11.0. The van der Waals surface area contributed by atoms with Gasteiger partial charge < -0.3 is 14.7 Å². The molecule has 0 saturated heterocycles. The molecule has 8 nitrogen and oxygen atoms in total. The largest absolute Gasteiger partial charge is 0.474 e. The molecule has 1 rings (SSSR count). The molecule has 0 aliphatic heterocycles. The molecule has 2 N–H and O–H groups in total. The van der Waals surface area contributed by atoms with Crippen LogP contribution in [0.25, 0.3) is 0 Å². The van der Waals surface area contributed by atoms with Crippen molar-refractivity contribution in [3.63, 3.8) is 0 Å². The van der Waals surface area contributed by atoms with Gasteiger partial charge in [0.25, 0.3) is 0 Å². The van der Waals surface area contributed by atoms with Gasteiger partial charge in [0.2, 0.25) is 10.0 Å². The van der Waals surface area contributed by atoms with Gasteiger partial charge in [-0.2, -0.15) is 0 Å².